The highest BCUT2D eigenvalue weighted by atomic mass is 16.5. The molecule has 1 aromatic carbocycles. The summed E-state index contributed by atoms with van der Waals surface area (Å²) in [4.78, 5) is 2.35. The molecule has 2 unspecified atom stereocenters. The number of nitrogens with zero attached hydrogens (tertiary/aromatic N) is 2. The Hall–Kier alpha value is -1.75. The molecule has 5 nitrogen and oxygen atoms in total. The lowest BCUT2D eigenvalue weighted by molar-refractivity contribution is 0.0343. The monoisotopic (exact) mass is 263 g/mol. The van der Waals surface area contributed by atoms with Gasteiger partial charge in [0, 0.05) is 23.8 Å². The molecule has 2 rings (SSSR count). The molecule has 19 heavy (non-hydrogen) atoms. The van der Waals surface area contributed by atoms with Crippen molar-refractivity contribution in [1.82, 2.24) is 0 Å². The Balaban J connectivity index is 2.30. The van der Waals surface area contributed by atoms with Gasteiger partial charge in [-0.15, -0.1) is 0 Å². The number of hydrogen-bond acceptors (Lipinski definition) is 4. The Morgan fingerprint density at radius 3 is 2.84 bits per heavy atom. The van der Waals surface area contributed by atoms with E-state index in [9.17, 15) is 0 Å². The Morgan fingerprint density at radius 1 is 1.47 bits per heavy atom. The lowest BCUT2D eigenvalue weighted by Crippen LogP contribution is -2.47. The van der Waals surface area contributed by atoms with Gasteiger partial charge in [0.25, 0.3) is 0 Å². The zero-order valence-corrected chi connectivity index (χ0v) is 11.6. The van der Waals surface area contributed by atoms with E-state index in [1.165, 1.54) is 5.69 Å². The van der Waals surface area contributed by atoms with Gasteiger partial charge in [0.2, 0.25) is 0 Å². The molecule has 0 saturated carbocycles. The topological polar surface area (TPSA) is 71.1 Å². The van der Waals surface area contributed by atoms with Crippen LogP contribution in [0.25, 0.3) is 0 Å². The third-order valence-corrected chi connectivity index (χ3v) is 3.52. The largest absolute Gasteiger partial charge is 0.409 e. The molecule has 0 bridgehead atoms. The second-order valence-corrected chi connectivity index (χ2v) is 5.13. The minimum Gasteiger partial charge on any atom is -0.409 e. The van der Waals surface area contributed by atoms with Crippen molar-refractivity contribution < 1.29 is 9.94 Å². The lowest BCUT2D eigenvalue weighted by Gasteiger charge is -2.39. The minimum atomic E-state index is 0.137. The Bertz CT molecular complexity index is 488. The highest BCUT2D eigenvalue weighted by molar-refractivity contribution is 5.97. The van der Waals surface area contributed by atoms with Gasteiger partial charge in [0.15, 0.2) is 5.84 Å². The second kappa shape index (κ2) is 5.48. The lowest BCUT2D eigenvalue weighted by atomic mass is 10.1. The first-order valence-electron chi connectivity index (χ1n) is 6.49. The second-order valence-electron chi connectivity index (χ2n) is 5.13. The van der Waals surface area contributed by atoms with E-state index in [-0.39, 0.29) is 11.9 Å². The number of aryl methyl sites for hydroxylation is 1. The van der Waals surface area contributed by atoms with Gasteiger partial charge in [0.05, 0.1) is 12.7 Å². The zero-order valence-electron chi connectivity index (χ0n) is 11.6. The first-order valence-corrected chi connectivity index (χ1v) is 6.49. The summed E-state index contributed by atoms with van der Waals surface area (Å²) < 4.78 is 5.65. The van der Waals surface area contributed by atoms with Crippen molar-refractivity contribution in [1.29, 1.82) is 0 Å². The number of amidine groups is 1. The van der Waals surface area contributed by atoms with Crippen LogP contribution in [0.4, 0.5) is 5.69 Å². The molecule has 1 aliphatic rings. The molecular weight excluding hydrogens is 242 g/mol. The molecule has 104 valence electrons. The van der Waals surface area contributed by atoms with Gasteiger partial charge >= 0.3 is 0 Å². The first kappa shape index (κ1) is 13.7. The van der Waals surface area contributed by atoms with Crippen LogP contribution in [-0.4, -0.2) is 36.3 Å². The molecule has 2 atom stereocenters. The quantitative estimate of drug-likeness (QED) is 0.369. The number of oxime groups is 1. The van der Waals surface area contributed by atoms with Crippen LogP contribution in [0.2, 0.25) is 0 Å². The van der Waals surface area contributed by atoms with Gasteiger partial charge in [-0.25, -0.2) is 0 Å². The molecule has 1 saturated heterocycles. The third kappa shape index (κ3) is 2.81. The third-order valence-electron chi connectivity index (χ3n) is 3.52. The molecule has 1 aromatic rings. The van der Waals surface area contributed by atoms with Crippen molar-refractivity contribution in [2.45, 2.75) is 32.9 Å². The number of morpholine rings is 1. The molecule has 5 heteroatoms. The van der Waals surface area contributed by atoms with Crippen LogP contribution in [0.1, 0.15) is 25.0 Å². The van der Waals surface area contributed by atoms with Crippen molar-refractivity contribution in [3.8, 4) is 0 Å². The molecule has 3 N–H and O–H groups in total. The SMILES string of the molecule is Cc1cc(/C(N)=N/O)ccc1N1CC(C)OCC1C. The number of ether oxygens (including phenoxy) is 1. The van der Waals surface area contributed by atoms with Crippen LogP contribution in [-0.2, 0) is 4.74 Å². The summed E-state index contributed by atoms with van der Waals surface area (Å²) in [5.74, 6) is 0.137. The summed E-state index contributed by atoms with van der Waals surface area (Å²) >= 11 is 0. The van der Waals surface area contributed by atoms with Crippen molar-refractivity contribution in [3.63, 3.8) is 0 Å². The highest BCUT2D eigenvalue weighted by Gasteiger charge is 2.24. The number of hydrogen-bond donors (Lipinski definition) is 2. The molecule has 0 aliphatic carbocycles. The fraction of sp³-hybridized carbons (Fsp3) is 0.500. The first-order chi connectivity index (χ1) is 9.02. The molecular formula is C14H21N3O2. The standard InChI is InChI=1S/C14H21N3O2/c1-9-6-12(14(15)16-18)4-5-13(9)17-7-11(3)19-8-10(17)2/h4-6,10-11,18H,7-8H2,1-3H3,(H2,15,16). The Morgan fingerprint density at radius 2 is 2.21 bits per heavy atom. The summed E-state index contributed by atoms with van der Waals surface area (Å²) in [6.07, 6.45) is 0.236. The summed E-state index contributed by atoms with van der Waals surface area (Å²) in [7, 11) is 0. The molecule has 0 radical (unpaired) electrons. The summed E-state index contributed by atoms with van der Waals surface area (Å²) in [5.41, 5.74) is 8.64. The van der Waals surface area contributed by atoms with Crippen molar-refractivity contribution in [3.05, 3.63) is 29.3 Å². The van der Waals surface area contributed by atoms with Gasteiger partial charge in [-0.2, -0.15) is 0 Å². The average Bonchev–Trinajstić information content (AvgIpc) is 2.41. The fourth-order valence-corrected chi connectivity index (χ4v) is 2.43. The molecule has 0 aromatic heterocycles. The van der Waals surface area contributed by atoms with E-state index in [2.05, 4.69) is 23.9 Å². The predicted molar refractivity (Wildman–Crippen MR) is 75.9 cm³/mol. The van der Waals surface area contributed by atoms with Crippen LogP contribution < -0.4 is 10.6 Å². The number of rotatable bonds is 2. The summed E-state index contributed by atoms with van der Waals surface area (Å²) in [6.45, 7) is 7.89. The molecule has 1 aliphatic heterocycles. The van der Waals surface area contributed by atoms with E-state index in [1.54, 1.807) is 0 Å². The van der Waals surface area contributed by atoms with E-state index < -0.39 is 0 Å². The molecule has 0 spiro atoms. The maximum absolute atomic E-state index is 8.71. The minimum absolute atomic E-state index is 0.137. The summed E-state index contributed by atoms with van der Waals surface area (Å²) in [6, 6.07) is 6.20. The van der Waals surface area contributed by atoms with E-state index in [0.717, 1.165) is 24.3 Å². The predicted octanol–water partition coefficient (Wildman–Crippen LogP) is 1.70. The normalized spacial score (nSPS) is 24.6. The van der Waals surface area contributed by atoms with Crippen LogP contribution >= 0.6 is 0 Å². The van der Waals surface area contributed by atoms with Crippen LogP contribution in [0.3, 0.4) is 0 Å². The van der Waals surface area contributed by atoms with Crippen molar-refractivity contribution in [2.24, 2.45) is 10.9 Å². The van der Waals surface area contributed by atoms with E-state index >= 15 is 0 Å². The number of benzene rings is 1. The van der Waals surface area contributed by atoms with Gasteiger partial charge < -0.3 is 20.6 Å². The average molecular weight is 263 g/mol. The van der Waals surface area contributed by atoms with Crippen LogP contribution in [0, 0.1) is 6.92 Å². The smallest absolute Gasteiger partial charge is 0.170 e. The number of nitrogens with two attached hydrogens (primary N) is 1. The van der Waals surface area contributed by atoms with Gasteiger partial charge in [0.1, 0.15) is 0 Å². The maximum atomic E-state index is 8.71. The van der Waals surface area contributed by atoms with E-state index in [1.807, 2.05) is 25.1 Å². The zero-order chi connectivity index (χ0) is 14.0. The Labute approximate surface area is 113 Å². The maximum Gasteiger partial charge on any atom is 0.170 e. The summed E-state index contributed by atoms with van der Waals surface area (Å²) in [5, 5.41) is 11.7. The Kier molecular flexibility index (Phi) is 3.95. The van der Waals surface area contributed by atoms with E-state index in [0.29, 0.717) is 6.04 Å². The van der Waals surface area contributed by atoms with Crippen molar-refractivity contribution >= 4 is 11.5 Å². The molecule has 1 fully saturated rings. The van der Waals surface area contributed by atoms with Gasteiger partial charge in [-0.05, 0) is 44.5 Å². The van der Waals surface area contributed by atoms with Crippen molar-refractivity contribution in [2.75, 3.05) is 18.1 Å². The van der Waals surface area contributed by atoms with Gasteiger partial charge in [-0.3, -0.25) is 0 Å². The van der Waals surface area contributed by atoms with Crippen LogP contribution in [0.5, 0.6) is 0 Å². The molecule has 0 amide bonds. The van der Waals surface area contributed by atoms with Crippen LogP contribution in [0.15, 0.2) is 23.4 Å². The molecule has 1 heterocycles. The fourth-order valence-electron chi connectivity index (χ4n) is 2.43. The highest BCUT2D eigenvalue weighted by Crippen LogP contribution is 2.26. The van der Waals surface area contributed by atoms with E-state index in [4.69, 9.17) is 15.7 Å². The van der Waals surface area contributed by atoms with Gasteiger partial charge in [-0.1, -0.05) is 5.16 Å². The number of anilines is 1.